The lowest BCUT2D eigenvalue weighted by atomic mass is 9.96. The number of hydrogen-bond donors (Lipinski definition) is 2. The normalized spacial score (nSPS) is 17.7. The van der Waals surface area contributed by atoms with Crippen molar-refractivity contribution in [1.82, 2.24) is 5.32 Å². The molecular weight excluding hydrogens is 388 g/mol. The summed E-state index contributed by atoms with van der Waals surface area (Å²) < 4.78 is 27.5. The maximum atomic E-state index is 13.1. The summed E-state index contributed by atoms with van der Waals surface area (Å²) in [5.41, 5.74) is 2.09. The number of aliphatic carboxylic acids is 1. The fourth-order valence-electron chi connectivity index (χ4n) is 3.30. The van der Waals surface area contributed by atoms with Gasteiger partial charge in [-0.25, -0.2) is 8.42 Å². The standard InChI is InChI=1S/C19H21ClN2O4S/c1-22-16-7-3-2-6-14(16)19(21-11-5-4-8-18(23)24)15-10-9-13(20)12-17(15)27(22,25)26/h2-3,6-7,9-10,12,19,21H,4-5,8,11H2,1H3,(H,23,24). The third kappa shape index (κ3) is 3.95. The van der Waals surface area contributed by atoms with E-state index in [1.54, 1.807) is 24.3 Å². The molecule has 0 radical (unpaired) electrons. The number of halogens is 1. The van der Waals surface area contributed by atoms with Crippen LogP contribution in [-0.4, -0.2) is 33.1 Å². The second-order valence-electron chi connectivity index (χ2n) is 6.45. The Hall–Kier alpha value is -2.09. The van der Waals surface area contributed by atoms with Crippen molar-refractivity contribution in [2.75, 3.05) is 17.9 Å². The van der Waals surface area contributed by atoms with Crippen molar-refractivity contribution in [2.45, 2.75) is 30.2 Å². The van der Waals surface area contributed by atoms with E-state index in [-0.39, 0.29) is 17.4 Å². The van der Waals surface area contributed by atoms with Gasteiger partial charge in [-0.1, -0.05) is 35.9 Å². The molecule has 1 atom stereocenters. The number of hydrogen-bond acceptors (Lipinski definition) is 4. The van der Waals surface area contributed by atoms with Crippen LogP contribution in [0.15, 0.2) is 47.4 Å². The van der Waals surface area contributed by atoms with E-state index in [0.717, 1.165) is 5.56 Å². The number of rotatable bonds is 6. The first kappa shape index (κ1) is 19.7. The topological polar surface area (TPSA) is 86.7 Å². The van der Waals surface area contributed by atoms with Crippen LogP contribution in [0.5, 0.6) is 0 Å². The average Bonchev–Trinajstić information content (AvgIpc) is 2.70. The van der Waals surface area contributed by atoms with E-state index in [1.165, 1.54) is 17.4 Å². The molecule has 0 aliphatic carbocycles. The number of sulfonamides is 1. The van der Waals surface area contributed by atoms with Crippen LogP contribution < -0.4 is 9.62 Å². The zero-order valence-electron chi connectivity index (χ0n) is 14.9. The SMILES string of the molecule is CN1c2ccccc2C(NCCCCC(=O)O)c2ccc(Cl)cc2S1(=O)=O. The number of carboxylic acids is 1. The quantitative estimate of drug-likeness (QED) is 0.715. The van der Waals surface area contributed by atoms with Crippen molar-refractivity contribution in [3.05, 3.63) is 58.6 Å². The van der Waals surface area contributed by atoms with E-state index < -0.39 is 16.0 Å². The third-order valence-electron chi connectivity index (χ3n) is 4.68. The first-order valence-corrected chi connectivity index (χ1v) is 10.5. The van der Waals surface area contributed by atoms with Gasteiger partial charge in [-0.15, -0.1) is 0 Å². The highest BCUT2D eigenvalue weighted by Crippen LogP contribution is 2.40. The van der Waals surface area contributed by atoms with Crippen molar-refractivity contribution < 1.29 is 18.3 Å². The second-order valence-corrected chi connectivity index (χ2v) is 8.83. The zero-order chi connectivity index (χ0) is 19.6. The molecule has 6 nitrogen and oxygen atoms in total. The van der Waals surface area contributed by atoms with Gasteiger partial charge >= 0.3 is 5.97 Å². The molecule has 1 unspecified atom stereocenters. The fourth-order valence-corrected chi connectivity index (χ4v) is 5.02. The number of carboxylic acid groups (broad SMARTS) is 1. The Morgan fingerprint density at radius 3 is 2.67 bits per heavy atom. The van der Waals surface area contributed by atoms with Gasteiger partial charge in [0.2, 0.25) is 0 Å². The van der Waals surface area contributed by atoms with Crippen LogP contribution >= 0.6 is 11.6 Å². The summed E-state index contributed by atoms with van der Waals surface area (Å²) in [7, 11) is -2.21. The summed E-state index contributed by atoms with van der Waals surface area (Å²) in [6.45, 7) is 0.568. The van der Waals surface area contributed by atoms with Crippen LogP contribution in [0.25, 0.3) is 0 Å². The molecule has 2 aromatic rings. The van der Waals surface area contributed by atoms with Gasteiger partial charge in [-0.3, -0.25) is 9.10 Å². The lowest BCUT2D eigenvalue weighted by Gasteiger charge is -2.22. The maximum absolute atomic E-state index is 13.1. The minimum absolute atomic E-state index is 0.117. The van der Waals surface area contributed by atoms with Gasteiger partial charge < -0.3 is 10.4 Å². The predicted molar refractivity (Wildman–Crippen MR) is 105 cm³/mol. The molecule has 0 amide bonds. The van der Waals surface area contributed by atoms with Crippen molar-refractivity contribution in [3.63, 3.8) is 0 Å². The van der Waals surface area contributed by atoms with Gasteiger partial charge in [-0.2, -0.15) is 0 Å². The highest BCUT2D eigenvalue weighted by molar-refractivity contribution is 7.92. The molecule has 1 heterocycles. The smallest absolute Gasteiger partial charge is 0.303 e. The molecule has 2 aromatic carbocycles. The molecule has 27 heavy (non-hydrogen) atoms. The molecule has 0 spiro atoms. The number of para-hydroxylation sites is 1. The molecular formula is C19H21ClN2O4S. The number of anilines is 1. The Morgan fingerprint density at radius 2 is 1.93 bits per heavy atom. The Bertz CT molecular complexity index is 962. The number of fused-ring (bicyclic) bond motifs is 2. The zero-order valence-corrected chi connectivity index (χ0v) is 16.4. The third-order valence-corrected chi connectivity index (χ3v) is 6.74. The molecule has 0 saturated heterocycles. The Balaban J connectivity index is 2.01. The summed E-state index contributed by atoms with van der Waals surface area (Å²) >= 11 is 6.08. The van der Waals surface area contributed by atoms with Gasteiger partial charge in [-0.05, 0) is 48.7 Å². The molecule has 1 aliphatic heterocycles. The van der Waals surface area contributed by atoms with Crippen LogP contribution in [0.1, 0.15) is 36.4 Å². The molecule has 144 valence electrons. The number of carbonyl (C=O) groups is 1. The van der Waals surface area contributed by atoms with Crippen LogP contribution in [0, 0.1) is 0 Å². The van der Waals surface area contributed by atoms with Crippen molar-refractivity contribution in [1.29, 1.82) is 0 Å². The lowest BCUT2D eigenvalue weighted by Crippen LogP contribution is -2.26. The monoisotopic (exact) mass is 408 g/mol. The van der Waals surface area contributed by atoms with Gasteiger partial charge in [0.1, 0.15) is 0 Å². The number of nitrogens with one attached hydrogen (secondary N) is 1. The summed E-state index contributed by atoms with van der Waals surface area (Å²) in [6.07, 6.45) is 1.35. The molecule has 1 aliphatic rings. The summed E-state index contributed by atoms with van der Waals surface area (Å²) in [5, 5.41) is 12.5. The number of benzene rings is 2. The van der Waals surface area contributed by atoms with Gasteiger partial charge in [0, 0.05) is 18.5 Å². The predicted octanol–water partition coefficient (Wildman–Crippen LogP) is 3.41. The molecule has 2 N–H and O–H groups in total. The van der Waals surface area contributed by atoms with Gasteiger partial charge in [0.25, 0.3) is 10.0 Å². The largest absolute Gasteiger partial charge is 0.481 e. The Morgan fingerprint density at radius 1 is 1.19 bits per heavy atom. The molecule has 3 rings (SSSR count). The van der Waals surface area contributed by atoms with Crippen LogP contribution in [-0.2, 0) is 14.8 Å². The van der Waals surface area contributed by atoms with E-state index in [4.69, 9.17) is 16.7 Å². The number of nitrogens with zero attached hydrogens (tertiary/aromatic N) is 1. The van der Waals surface area contributed by atoms with Crippen LogP contribution in [0.2, 0.25) is 5.02 Å². The average molecular weight is 409 g/mol. The van der Waals surface area contributed by atoms with E-state index in [2.05, 4.69) is 5.32 Å². The highest BCUT2D eigenvalue weighted by atomic mass is 35.5. The van der Waals surface area contributed by atoms with Gasteiger partial charge in [0.15, 0.2) is 0 Å². The van der Waals surface area contributed by atoms with Crippen molar-refractivity contribution >= 4 is 33.3 Å². The molecule has 0 saturated carbocycles. The first-order valence-electron chi connectivity index (χ1n) is 8.65. The van der Waals surface area contributed by atoms with Crippen LogP contribution in [0.4, 0.5) is 5.69 Å². The highest BCUT2D eigenvalue weighted by Gasteiger charge is 2.34. The van der Waals surface area contributed by atoms with E-state index in [0.29, 0.717) is 35.7 Å². The van der Waals surface area contributed by atoms with Gasteiger partial charge in [0.05, 0.1) is 16.6 Å². The van der Waals surface area contributed by atoms with Crippen molar-refractivity contribution in [3.8, 4) is 0 Å². The lowest BCUT2D eigenvalue weighted by molar-refractivity contribution is -0.137. The Labute approximate surface area is 163 Å². The Kier molecular flexibility index (Phi) is 5.74. The first-order chi connectivity index (χ1) is 12.8. The van der Waals surface area contributed by atoms with Crippen molar-refractivity contribution in [2.24, 2.45) is 0 Å². The van der Waals surface area contributed by atoms with Crippen LogP contribution in [0.3, 0.4) is 0 Å². The minimum Gasteiger partial charge on any atom is -0.481 e. The second kappa shape index (κ2) is 7.88. The minimum atomic E-state index is -3.74. The maximum Gasteiger partial charge on any atom is 0.303 e. The molecule has 8 heteroatoms. The van der Waals surface area contributed by atoms with E-state index in [1.807, 2.05) is 12.1 Å². The molecule has 0 aromatic heterocycles. The summed E-state index contributed by atoms with van der Waals surface area (Å²) in [5.74, 6) is -0.817. The molecule has 0 fully saturated rings. The van der Waals surface area contributed by atoms with E-state index in [9.17, 15) is 13.2 Å². The number of unbranched alkanes of at least 4 members (excludes halogenated alkanes) is 1. The van der Waals surface area contributed by atoms with E-state index >= 15 is 0 Å². The molecule has 0 bridgehead atoms. The summed E-state index contributed by atoms with van der Waals surface area (Å²) in [4.78, 5) is 10.8. The summed E-state index contributed by atoms with van der Waals surface area (Å²) in [6, 6.07) is 11.9. The fraction of sp³-hybridized carbons (Fsp3) is 0.316.